The van der Waals surface area contributed by atoms with Gasteiger partial charge < -0.3 is 24.8 Å². The zero-order valence-corrected chi connectivity index (χ0v) is 18.9. The molecule has 2 atom stereocenters. The van der Waals surface area contributed by atoms with E-state index in [4.69, 9.17) is 9.47 Å². The number of carboxylic acids is 1. The molecule has 0 aromatic heterocycles. The largest absolute Gasteiger partial charge is 0.481 e. The quantitative estimate of drug-likeness (QED) is 0.621. The van der Waals surface area contributed by atoms with E-state index >= 15 is 0 Å². The summed E-state index contributed by atoms with van der Waals surface area (Å²) in [7, 11) is 0. The highest BCUT2D eigenvalue weighted by molar-refractivity contribution is 5.86. The molecule has 2 aliphatic rings. The van der Waals surface area contributed by atoms with Crippen molar-refractivity contribution in [2.45, 2.75) is 24.8 Å². The first kappa shape index (κ1) is 24.6. The minimum atomic E-state index is -2.86. The van der Waals surface area contributed by atoms with Crippen LogP contribution in [-0.4, -0.2) is 73.4 Å². The van der Waals surface area contributed by atoms with Crippen molar-refractivity contribution in [2.75, 3.05) is 32.9 Å². The van der Waals surface area contributed by atoms with Gasteiger partial charge in [-0.05, 0) is 22.3 Å². The molecule has 2 unspecified atom stereocenters. The molecule has 1 aliphatic carbocycles. The molecule has 2 aromatic carbocycles. The van der Waals surface area contributed by atoms with Crippen molar-refractivity contribution >= 4 is 18.0 Å². The van der Waals surface area contributed by atoms with E-state index in [0.717, 1.165) is 27.2 Å². The molecule has 0 spiro atoms. The molecule has 35 heavy (non-hydrogen) atoms. The first-order valence-electron chi connectivity index (χ1n) is 11.3. The van der Waals surface area contributed by atoms with Crippen LogP contribution in [0, 0.1) is 5.92 Å². The minimum Gasteiger partial charge on any atom is -0.481 e. The van der Waals surface area contributed by atoms with Crippen LogP contribution in [0.4, 0.5) is 13.6 Å². The van der Waals surface area contributed by atoms with Gasteiger partial charge in [-0.3, -0.25) is 9.59 Å². The van der Waals surface area contributed by atoms with Crippen molar-refractivity contribution < 1.29 is 37.7 Å². The third-order valence-electron chi connectivity index (χ3n) is 6.27. The lowest BCUT2D eigenvalue weighted by atomic mass is 9.98. The smallest absolute Gasteiger partial charge is 0.407 e. The Bertz CT molecular complexity index is 1050. The van der Waals surface area contributed by atoms with Crippen LogP contribution in [0.3, 0.4) is 0 Å². The number of halogens is 2. The maximum absolute atomic E-state index is 13.2. The lowest BCUT2D eigenvalue weighted by molar-refractivity contribution is -0.144. The van der Waals surface area contributed by atoms with Crippen molar-refractivity contribution in [2.24, 2.45) is 5.92 Å². The second-order valence-electron chi connectivity index (χ2n) is 8.54. The third-order valence-corrected chi connectivity index (χ3v) is 6.27. The Labute approximate surface area is 200 Å². The van der Waals surface area contributed by atoms with Gasteiger partial charge in [-0.25, -0.2) is 13.6 Å². The predicted molar refractivity (Wildman–Crippen MR) is 121 cm³/mol. The highest BCUT2D eigenvalue weighted by Gasteiger charge is 2.34. The molecule has 8 nitrogen and oxygen atoms in total. The Balaban J connectivity index is 1.43. The zero-order chi connectivity index (χ0) is 24.9. The first-order chi connectivity index (χ1) is 16.8. The summed E-state index contributed by atoms with van der Waals surface area (Å²) in [5.41, 5.74) is 4.07. The summed E-state index contributed by atoms with van der Waals surface area (Å²) in [6.07, 6.45) is -4.78. The van der Waals surface area contributed by atoms with Crippen LogP contribution in [-0.2, 0) is 19.1 Å². The van der Waals surface area contributed by atoms with Crippen LogP contribution in [0.5, 0.6) is 0 Å². The van der Waals surface area contributed by atoms with Gasteiger partial charge in [-0.15, -0.1) is 0 Å². The fraction of sp³-hybridized carbons (Fsp3) is 0.400. The maximum atomic E-state index is 13.2. The SMILES string of the molecule is O=C(NC(CC(F)F)C(=O)N1CCOCC(C(=O)O)C1)OCC1c2ccccc2-c2ccccc21. The number of hydrogen-bond acceptors (Lipinski definition) is 5. The summed E-state index contributed by atoms with van der Waals surface area (Å²) in [5.74, 6) is -3.16. The molecule has 1 saturated heterocycles. The number of nitrogens with zero attached hydrogens (tertiary/aromatic N) is 1. The van der Waals surface area contributed by atoms with Gasteiger partial charge in [0, 0.05) is 25.4 Å². The Kier molecular flexibility index (Phi) is 7.60. The molecule has 1 aliphatic heterocycles. The number of carbonyl (C=O) groups is 3. The Hall–Kier alpha value is -3.53. The van der Waals surface area contributed by atoms with Crippen LogP contribution in [0.15, 0.2) is 48.5 Å². The van der Waals surface area contributed by atoms with E-state index in [1.165, 1.54) is 0 Å². The van der Waals surface area contributed by atoms with Crippen molar-refractivity contribution in [3.05, 3.63) is 59.7 Å². The number of nitrogens with one attached hydrogen (secondary N) is 1. The van der Waals surface area contributed by atoms with Gasteiger partial charge in [-0.1, -0.05) is 48.5 Å². The van der Waals surface area contributed by atoms with E-state index in [1.54, 1.807) is 0 Å². The lowest BCUT2D eigenvalue weighted by Gasteiger charge is -2.27. The normalized spacial score (nSPS) is 18.4. The molecule has 4 rings (SSSR count). The molecule has 1 fully saturated rings. The van der Waals surface area contributed by atoms with Crippen molar-refractivity contribution in [1.82, 2.24) is 10.2 Å². The summed E-state index contributed by atoms with van der Waals surface area (Å²) in [4.78, 5) is 38.0. The molecular weight excluding hydrogens is 462 g/mol. The van der Waals surface area contributed by atoms with E-state index in [-0.39, 0.29) is 38.8 Å². The monoisotopic (exact) mass is 488 g/mol. The van der Waals surface area contributed by atoms with E-state index < -0.39 is 42.8 Å². The number of rotatable bonds is 7. The fourth-order valence-corrected chi connectivity index (χ4v) is 4.56. The number of alkyl carbamates (subject to hydrolysis) is 1. The fourth-order valence-electron chi connectivity index (χ4n) is 4.56. The Morgan fingerprint density at radius 2 is 1.71 bits per heavy atom. The van der Waals surface area contributed by atoms with Gasteiger partial charge in [0.05, 0.1) is 19.1 Å². The summed E-state index contributed by atoms with van der Waals surface area (Å²) in [6.45, 7) is -0.205. The number of amides is 2. The predicted octanol–water partition coefficient (Wildman–Crippen LogP) is 3.11. The van der Waals surface area contributed by atoms with Gasteiger partial charge in [0.2, 0.25) is 12.3 Å². The van der Waals surface area contributed by atoms with E-state index in [2.05, 4.69) is 5.32 Å². The molecule has 186 valence electrons. The molecule has 2 aromatic rings. The second kappa shape index (κ2) is 10.8. The molecular formula is C25H26F2N2O6. The topological polar surface area (TPSA) is 105 Å². The highest BCUT2D eigenvalue weighted by Crippen LogP contribution is 2.44. The number of aliphatic carboxylic acids is 1. The van der Waals surface area contributed by atoms with Gasteiger partial charge in [0.25, 0.3) is 0 Å². The minimum absolute atomic E-state index is 0.0336. The summed E-state index contributed by atoms with van der Waals surface area (Å²) < 4.78 is 37.1. The van der Waals surface area contributed by atoms with Gasteiger partial charge in [-0.2, -0.15) is 0 Å². The van der Waals surface area contributed by atoms with Crippen molar-refractivity contribution in [1.29, 1.82) is 0 Å². The second-order valence-corrected chi connectivity index (χ2v) is 8.54. The van der Waals surface area contributed by atoms with Crippen molar-refractivity contribution in [3.8, 4) is 11.1 Å². The Morgan fingerprint density at radius 3 is 2.31 bits per heavy atom. The first-order valence-corrected chi connectivity index (χ1v) is 11.3. The van der Waals surface area contributed by atoms with Crippen molar-refractivity contribution in [3.63, 3.8) is 0 Å². The molecule has 0 bridgehead atoms. The van der Waals surface area contributed by atoms with Gasteiger partial charge in [0.1, 0.15) is 12.6 Å². The summed E-state index contributed by atoms with van der Waals surface area (Å²) in [6, 6.07) is 14.0. The standard InChI is InChI=1S/C25H26F2N2O6/c26-22(27)11-21(23(30)29-9-10-34-13-15(12-29)24(31)32)28-25(33)35-14-20-18-7-3-1-5-16(18)17-6-2-4-8-19(17)20/h1-8,15,20-22H,9-14H2,(H,28,33)(H,31,32). The number of carbonyl (C=O) groups excluding carboxylic acids is 2. The molecule has 10 heteroatoms. The maximum Gasteiger partial charge on any atom is 0.407 e. The average Bonchev–Trinajstić information content (AvgIpc) is 2.97. The molecule has 2 amide bonds. The number of benzene rings is 2. The summed E-state index contributed by atoms with van der Waals surface area (Å²) in [5, 5.41) is 11.5. The van der Waals surface area contributed by atoms with Crippen LogP contribution in [0.25, 0.3) is 11.1 Å². The Morgan fingerprint density at radius 1 is 1.09 bits per heavy atom. The third kappa shape index (κ3) is 5.59. The molecule has 1 heterocycles. The van der Waals surface area contributed by atoms with Gasteiger partial charge in [0.15, 0.2) is 0 Å². The average molecular weight is 488 g/mol. The van der Waals surface area contributed by atoms with E-state index in [0.29, 0.717) is 0 Å². The molecule has 0 radical (unpaired) electrons. The van der Waals surface area contributed by atoms with Crippen LogP contribution < -0.4 is 5.32 Å². The van der Waals surface area contributed by atoms with Crippen LogP contribution >= 0.6 is 0 Å². The number of hydrogen-bond donors (Lipinski definition) is 2. The number of carboxylic acid groups (broad SMARTS) is 1. The van der Waals surface area contributed by atoms with Crippen LogP contribution in [0.1, 0.15) is 23.5 Å². The summed E-state index contributed by atoms with van der Waals surface area (Å²) >= 11 is 0. The van der Waals surface area contributed by atoms with E-state index in [1.807, 2.05) is 48.5 Å². The van der Waals surface area contributed by atoms with Crippen LogP contribution in [0.2, 0.25) is 0 Å². The number of ether oxygens (including phenoxy) is 2. The van der Waals surface area contributed by atoms with Gasteiger partial charge >= 0.3 is 12.1 Å². The number of alkyl halides is 2. The lowest BCUT2D eigenvalue weighted by Crippen LogP contribution is -2.51. The van der Waals surface area contributed by atoms with E-state index in [9.17, 15) is 28.3 Å². The zero-order valence-electron chi connectivity index (χ0n) is 18.9. The molecule has 0 saturated carbocycles. The number of fused-ring (bicyclic) bond motifs is 3. The highest BCUT2D eigenvalue weighted by atomic mass is 19.3. The molecule has 2 N–H and O–H groups in total.